The molecule has 1 aromatic carbocycles. The quantitative estimate of drug-likeness (QED) is 0.788. The first-order chi connectivity index (χ1) is 13.2. The highest BCUT2D eigenvalue weighted by molar-refractivity contribution is 7.13. The van der Waals surface area contributed by atoms with Crippen LogP contribution in [0.5, 0.6) is 5.75 Å². The molecular weight excluding hydrogens is 358 g/mol. The van der Waals surface area contributed by atoms with Crippen LogP contribution >= 0.6 is 11.3 Å². The number of nitrogens with zero attached hydrogens (tertiary/aromatic N) is 3. The van der Waals surface area contributed by atoms with Gasteiger partial charge >= 0.3 is 0 Å². The Morgan fingerprint density at radius 1 is 1.15 bits per heavy atom. The summed E-state index contributed by atoms with van der Waals surface area (Å²) >= 11 is 1.69. The molecule has 0 N–H and O–H groups in total. The maximum absolute atomic E-state index is 12.6. The lowest BCUT2D eigenvalue weighted by Gasteiger charge is -2.32. The molecule has 2 saturated heterocycles. The maximum atomic E-state index is 12.6. The van der Waals surface area contributed by atoms with Crippen LogP contribution < -0.4 is 4.74 Å². The third-order valence-electron chi connectivity index (χ3n) is 5.63. The molecule has 27 heavy (non-hydrogen) atoms. The average molecular weight is 386 g/mol. The van der Waals surface area contributed by atoms with Gasteiger partial charge in [0, 0.05) is 36.5 Å². The van der Waals surface area contributed by atoms with Gasteiger partial charge < -0.3 is 9.64 Å². The third-order valence-corrected chi connectivity index (χ3v) is 6.57. The monoisotopic (exact) mass is 385 g/mol. The first kappa shape index (κ1) is 18.4. The van der Waals surface area contributed by atoms with Crippen LogP contribution in [0.15, 0.2) is 29.6 Å². The minimum Gasteiger partial charge on any atom is -0.497 e. The number of methoxy groups -OCH3 is 1. The Kier molecular flexibility index (Phi) is 5.74. The largest absolute Gasteiger partial charge is 0.497 e. The minimum atomic E-state index is 0.227. The number of benzene rings is 1. The molecule has 2 fully saturated rings. The molecule has 2 aliphatic heterocycles. The van der Waals surface area contributed by atoms with Gasteiger partial charge in [0.05, 0.1) is 12.8 Å². The van der Waals surface area contributed by atoms with Gasteiger partial charge in [-0.3, -0.25) is 9.69 Å². The molecule has 1 amide bonds. The van der Waals surface area contributed by atoms with E-state index in [1.54, 1.807) is 18.4 Å². The molecule has 0 bridgehead atoms. The van der Waals surface area contributed by atoms with E-state index in [4.69, 9.17) is 9.72 Å². The van der Waals surface area contributed by atoms with Gasteiger partial charge in [0.25, 0.3) is 0 Å². The SMILES string of the molecule is COc1ccc(-c2nc(CN3CCC(C(=O)N4CCCC4)CC3)cs2)cc1. The van der Waals surface area contributed by atoms with E-state index in [1.807, 2.05) is 12.1 Å². The number of aromatic nitrogens is 1. The van der Waals surface area contributed by atoms with E-state index < -0.39 is 0 Å². The summed E-state index contributed by atoms with van der Waals surface area (Å²) < 4.78 is 5.22. The Labute approximate surface area is 165 Å². The fourth-order valence-corrected chi connectivity index (χ4v) is 4.83. The average Bonchev–Trinajstić information content (AvgIpc) is 3.40. The molecule has 144 valence electrons. The zero-order valence-corrected chi connectivity index (χ0v) is 16.7. The number of carbonyl (C=O) groups is 1. The summed E-state index contributed by atoms with van der Waals surface area (Å²) in [6.45, 7) is 4.77. The van der Waals surface area contributed by atoms with E-state index in [1.165, 1.54) is 12.8 Å². The first-order valence-corrected chi connectivity index (χ1v) is 10.7. The second-order valence-corrected chi connectivity index (χ2v) is 8.31. The highest BCUT2D eigenvalue weighted by Gasteiger charge is 2.29. The topological polar surface area (TPSA) is 45.7 Å². The summed E-state index contributed by atoms with van der Waals surface area (Å²) in [6, 6.07) is 8.05. The molecule has 3 heterocycles. The van der Waals surface area contributed by atoms with E-state index in [0.717, 1.165) is 67.6 Å². The summed E-state index contributed by atoms with van der Waals surface area (Å²) in [5.41, 5.74) is 2.25. The molecule has 0 radical (unpaired) electrons. The van der Waals surface area contributed by atoms with Gasteiger partial charge in [-0.25, -0.2) is 4.98 Å². The predicted octanol–water partition coefficient (Wildman–Crippen LogP) is 3.65. The summed E-state index contributed by atoms with van der Waals surface area (Å²) in [5, 5.41) is 3.20. The van der Waals surface area contributed by atoms with Gasteiger partial charge in [0.15, 0.2) is 0 Å². The van der Waals surface area contributed by atoms with Crippen molar-refractivity contribution < 1.29 is 9.53 Å². The van der Waals surface area contributed by atoms with Crippen LogP contribution in [0.4, 0.5) is 0 Å². The van der Waals surface area contributed by atoms with Crippen molar-refractivity contribution >= 4 is 17.2 Å². The molecule has 0 spiro atoms. The van der Waals surface area contributed by atoms with Crippen molar-refractivity contribution in [3.05, 3.63) is 35.3 Å². The Balaban J connectivity index is 1.30. The highest BCUT2D eigenvalue weighted by atomic mass is 32.1. The van der Waals surface area contributed by atoms with Gasteiger partial charge in [-0.1, -0.05) is 0 Å². The van der Waals surface area contributed by atoms with Gasteiger partial charge in [-0.05, 0) is 63.0 Å². The molecule has 2 aromatic rings. The molecule has 0 atom stereocenters. The van der Waals surface area contributed by atoms with Crippen molar-refractivity contribution in [2.45, 2.75) is 32.2 Å². The van der Waals surface area contributed by atoms with Crippen molar-refractivity contribution in [1.29, 1.82) is 0 Å². The first-order valence-electron chi connectivity index (χ1n) is 9.83. The smallest absolute Gasteiger partial charge is 0.225 e. The Hall–Kier alpha value is -1.92. The highest BCUT2D eigenvalue weighted by Crippen LogP contribution is 2.27. The Morgan fingerprint density at radius 3 is 2.52 bits per heavy atom. The van der Waals surface area contributed by atoms with Gasteiger partial charge in [0.1, 0.15) is 10.8 Å². The van der Waals surface area contributed by atoms with Crippen LogP contribution in [0.3, 0.4) is 0 Å². The zero-order valence-electron chi connectivity index (χ0n) is 15.9. The summed E-state index contributed by atoms with van der Waals surface area (Å²) in [5.74, 6) is 1.48. The lowest BCUT2D eigenvalue weighted by atomic mass is 9.95. The molecule has 2 aliphatic rings. The number of piperidine rings is 1. The van der Waals surface area contributed by atoms with Crippen molar-refractivity contribution in [2.24, 2.45) is 5.92 Å². The number of carbonyl (C=O) groups excluding carboxylic acids is 1. The summed E-state index contributed by atoms with van der Waals surface area (Å²) in [4.78, 5) is 21.9. The molecule has 6 heteroatoms. The number of rotatable bonds is 5. The number of likely N-dealkylation sites (tertiary alicyclic amines) is 2. The minimum absolute atomic E-state index is 0.227. The molecule has 0 saturated carbocycles. The normalized spacial score (nSPS) is 18.8. The zero-order chi connectivity index (χ0) is 18.6. The molecule has 5 nitrogen and oxygen atoms in total. The molecular formula is C21H27N3O2S. The number of hydrogen-bond acceptors (Lipinski definition) is 5. The lowest BCUT2D eigenvalue weighted by molar-refractivity contribution is -0.136. The van der Waals surface area contributed by atoms with Crippen LogP contribution in [0.2, 0.25) is 0 Å². The fourth-order valence-electron chi connectivity index (χ4n) is 4.01. The fraction of sp³-hybridized carbons (Fsp3) is 0.524. The summed E-state index contributed by atoms with van der Waals surface area (Å²) in [7, 11) is 1.68. The Morgan fingerprint density at radius 2 is 1.85 bits per heavy atom. The van der Waals surface area contributed by atoms with E-state index in [9.17, 15) is 4.79 Å². The van der Waals surface area contributed by atoms with Gasteiger partial charge in [0.2, 0.25) is 5.91 Å². The number of hydrogen-bond donors (Lipinski definition) is 0. The van der Waals surface area contributed by atoms with Crippen molar-refractivity contribution in [2.75, 3.05) is 33.3 Å². The standard InChI is InChI=1S/C21H27N3O2S/c1-26-19-6-4-16(5-7-19)20-22-18(15-27-20)14-23-12-8-17(9-13-23)21(25)24-10-2-3-11-24/h4-7,15,17H,2-3,8-14H2,1H3. The van der Waals surface area contributed by atoms with Gasteiger partial charge in [-0.2, -0.15) is 0 Å². The molecule has 0 aliphatic carbocycles. The van der Waals surface area contributed by atoms with Crippen LogP contribution in [0.25, 0.3) is 10.6 Å². The second-order valence-electron chi connectivity index (χ2n) is 7.46. The van der Waals surface area contributed by atoms with E-state index in [0.29, 0.717) is 5.91 Å². The van der Waals surface area contributed by atoms with Crippen molar-refractivity contribution in [3.8, 4) is 16.3 Å². The predicted molar refractivity (Wildman–Crippen MR) is 108 cm³/mol. The van der Waals surface area contributed by atoms with Crippen molar-refractivity contribution in [3.63, 3.8) is 0 Å². The van der Waals surface area contributed by atoms with Crippen molar-refractivity contribution in [1.82, 2.24) is 14.8 Å². The maximum Gasteiger partial charge on any atom is 0.225 e. The third kappa shape index (κ3) is 4.33. The molecule has 4 rings (SSSR count). The Bertz CT molecular complexity index is 760. The van der Waals surface area contributed by atoms with E-state index in [2.05, 4.69) is 27.3 Å². The number of ether oxygens (including phenoxy) is 1. The van der Waals surface area contributed by atoms with Crippen LogP contribution in [-0.4, -0.2) is 54.0 Å². The van der Waals surface area contributed by atoms with E-state index >= 15 is 0 Å². The van der Waals surface area contributed by atoms with Crippen LogP contribution in [-0.2, 0) is 11.3 Å². The van der Waals surface area contributed by atoms with Gasteiger partial charge in [-0.15, -0.1) is 11.3 Å². The van der Waals surface area contributed by atoms with Crippen LogP contribution in [0.1, 0.15) is 31.4 Å². The number of amides is 1. The number of thiazole rings is 1. The lowest BCUT2D eigenvalue weighted by Crippen LogP contribution is -2.41. The second kappa shape index (κ2) is 8.40. The van der Waals surface area contributed by atoms with Crippen LogP contribution in [0, 0.1) is 5.92 Å². The van der Waals surface area contributed by atoms with E-state index in [-0.39, 0.29) is 5.92 Å². The molecule has 1 aromatic heterocycles. The molecule has 0 unspecified atom stereocenters. The summed E-state index contributed by atoms with van der Waals surface area (Å²) in [6.07, 6.45) is 4.30.